The Morgan fingerprint density at radius 1 is 1.37 bits per heavy atom. The molecule has 0 aliphatic carbocycles. The van der Waals surface area contributed by atoms with Crippen molar-refractivity contribution in [3.8, 4) is 0 Å². The smallest absolute Gasteiger partial charge is 0.240 e. The third-order valence-electron chi connectivity index (χ3n) is 3.43. The molecule has 0 aromatic heterocycles. The highest BCUT2D eigenvalue weighted by Gasteiger charge is 2.21. The van der Waals surface area contributed by atoms with Crippen molar-refractivity contribution >= 4 is 26.0 Å². The van der Waals surface area contributed by atoms with Gasteiger partial charge in [0.1, 0.15) is 0 Å². The van der Waals surface area contributed by atoms with E-state index < -0.39 is 10.0 Å². The largest absolute Gasteiger partial charge is 0.313 e. The molecular weight excluding hydrogens is 328 g/mol. The van der Waals surface area contributed by atoms with Crippen LogP contribution < -0.4 is 10.0 Å². The van der Waals surface area contributed by atoms with Crippen molar-refractivity contribution in [2.24, 2.45) is 0 Å². The van der Waals surface area contributed by atoms with Gasteiger partial charge in [0.2, 0.25) is 10.0 Å². The minimum atomic E-state index is -3.43. The third kappa shape index (κ3) is 3.56. The first-order chi connectivity index (χ1) is 8.90. The SMILES string of the molecule is Cc1cc(S(=O)(=O)NCC2CCCN2)c(C)cc1Br. The highest BCUT2D eigenvalue weighted by atomic mass is 79.9. The van der Waals surface area contributed by atoms with Crippen molar-refractivity contribution in [1.29, 1.82) is 0 Å². The molecule has 106 valence electrons. The average Bonchev–Trinajstić information content (AvgIpc) is 2.84. The summed E-state index contributed by atoms with van der Waals surface area (Å²) in [5.74, 6) is 0. The van der Waals surface area contributed by atoms with Crippen molar-refractivity contribution in [2.75, 3.05) is 13.1 Å². The van der Waals surface area contributed by atoms with Gasteiger partial charge in [-0.05, 0) is 56.5 Å². The standard InChI is InChI=1S/C13H19BrN2O2S/c1-9-7-13(10(2)6-12(9)14)19(17,18)16-8-11-4-3-5-15-11/h6-7,11,15-16H,3-5,8H2,1-2H3. The first-order valence-corrected chi connectivity index (χ1v) is 8.67. The van der Waals surface area contributed by atoms with Crippen LogP contribution in [0, 0.1) is 13.8 Å². The van der Waals surface area contributed by atoms with Gasteiger partial charge in [0.15, 0.2) is 0 Å². The van der Waals surface area contributed by atoms with Crippen molar-refractivity contribution in [3.05, 3.63) is 27.7 Å². The summed E-state index contributed by atoms with van der Waals surface area (Å²) in [6.45, 7) is 5.13. The van der Waals surface area contributed by atoms with E-state index in [0.717, 1.165) is 35.0 Å². The summed E-state index contributed by atoms with van der Waals surface area (Å²) in [5, 5.41) is 3.28. The number of halogens is 1. The van der Waals surface area contributed by atoms with Gasteiger partial charge in [-0.25, -0.2) is 13.1 Å². The maximum atomic E-state index is 12.3. The quantitative estimate of drug-likeness (QED) is 0.877. The highest BCUT2D eigenvalue weighted by molar-refractivity contribution is 9.10. The summed E-state index contributed by atoms with van der Waals surface area (Å²) in [6.07, 6.45) is 2.14. The molecule has 0 bridgehead atoms. The first-order valence-electron chi connectivity index (χ1n) is 6.40. The van der Waals surface area contributed by atoms with E-state index in [1.165, 1.54) is 0 Å². The Hall–Kier alpha value is -0.430. The molecule has 1 aromatic rings. The molecule has 0 radical (unpaired) electrons. The molecule has 1 atom stereocenters. The average molecular weight is 347 g/mol. The Bertz CT molecular complexity index is 566. The molecule has 1 aliphatic rings. The summed E-state index contributed by atoms with van der Waals surface area (Å²) in [7, 11) is -3.43. The van der Waals surface area contributed by atoms with E-state index in [9.17, 15) is 8.42 Å². The predicted octanol–water partition coefficient (Wildman–Crippen LogP) is 2.10. The van der Waals surface area contributed by atoms with Crippen LogP contribution in [0.15, 0.2) is 21.5 Å². The lowest BCUT2D eigenvalue weighted by Crippen LogP contribution is -2.37. The zero-order valence-corrected chi connectivity index (χ0v) is 13.6. The van der Waals surface area contributed by atoms with Gasteiger partial charge in [0.25, 0.3) is 0 Å². The normalized spacial score (nSPS) is 19.8. The molecule has 2 N–H and O–H groups in total. The molecular formula is C13H19BrN2O2S. The van der Waals surface area contributed by atoms with Gasteiger partial charge in [-0.15, -0.1) is 0 Å². The Balaban J connectivity index is 2.16. The van der Waals surface area contributed by atoms with Crippen molar-refractivity contribution < 1.29 is 8.42 Å². The topological polar surface area (TPSA) is 58.2 Å². The zero-order valence-electron chi connectivity index (χ0n) is 11.2. The van der Waals surface area contributed by atoms with E-state index in [4.69, 9.17) is 0 Å². The molecule has 0 spiro atoms. The van der Waals surface area contributed by atoms with Crippen LogP contribution in [0.4, 0.5) is 0 Å². The fourth-order valence-corrected chi connectivity index (χ4v) is 4.11. The molecule has 1 fully saturated rings. The highest BCUT2D eigenvalue weighted by Crippen LogP contribution is 2.24. The number of benzene rings is 1. The molecule has 1 aliphatic heterocycles. The van der Waals surface area contributed by atoms with Crippen LogP contribution in [-0.2, 0) is 10.0 Å². The molecule has 0 amide bonds. The predicted molar refractivity (Wildman–Crippen MR) is 79.8 cm³/mol. The van der Waals surface area contributed by atoms with Gasteiger partial charge < -0.3 is 5.32 Å². The lowest BCUT2D eigenvalue weighted by atomic mass is 10.2. The van der Waals surface area contributed by atoms with Crippen LogP contribution in [-0.4, -0.2) is 27.5 Å². The maximum Gasteiger partial charge on any atom is 0.240 e. The van der Waals surface area contributed by atoms with E-state index in [1.807, 2.05) is 19.9 Å². The van der Waals surface area contributed by atoms with Crippen LogP contribution in [0.3, 0.4) is 0 Å². The number of sulfonamides is 1. The van der Waals surface area contributed by atoms with Crippen molar-refractivity contribution in [3.63, 3.8) is 0 Å². The van der Waals surface area contributed by atoms with Gasteiger partial charge in [-0.3, -0.25) is 0 Å². The number of nitrogens with one attached hydrogen (secondary N) is 2. The molecule has 0 saturated carbocycles. The number of rotatable bonds is 4. The van der Waals surface area contributed by atoms with Gasteiger partial charge >= 0.3 is 0 Å². The van der Waals surface area contributed by atoms with Crippen LogP contribution >= 0.6 is 15.9 Å². The van der Waals surface area contributed by atoms with E-state index in [-0.39, 0.29) is 6.04 Å². The lowest BCUT2D eigenvalue weighted by molar-refractivity contribution is 0.551. The Labute approximate surface area is 123 Å². The molecule has 6 heteroatoms. The van der Waals surface area contributed by atoms with Crippen LogP contribution in [0.2, 0.25) is 0 Å². The minimum Gasteiger partial charge on any atom is -0.313 e. The number of hydrogen-bond acceptors (Lipinski definition) is 3. The summed E-state index contributed by atoms with van der Waals surface area (Å²) in [4.78, 5) is 0.367. The van der Waals surface area contributed by atoms with Crippen molar-refractivity contribution in [1.82, 2.24) is 10.0 Å². The van der Waals surface area contributed by atoms with E-state index >= 15 is 0 Å². The molecule has 2 rings (SSSR count). The van der Waals surface area contributed by atoms with E-state index in [0.29, 0.717) is 11.4 Å². The summed E-state index contributed by atoms with van der Waals surface area (Å²) < 4.78 is 28.3. The number of aryl methyl sites for hydroxylation is 2. The summed E-state index contributed by atoms with van der Waals surface area (Å²) in [6, 6.07) is 3.81. The maximum absolute atomic E-state index is 12.3. The van der Waals surface area contributed by atoms with Gasteiger partial charge in [-0.2, -0.15) is 0 Å². The zero-order chi connectivity index (χ0) is 14.0. The minimum absolute atomic E-state index is 0.256. The van der Waals surface area contributed by atoms with Crippen molar-refractivity contribution in [2.45, 2.75) is 37.6 Å². The summed E-state index contributed by atoms with van der Waals surface area (Å²) in [5.41, 5.74) is 1.68. The molecule has 1 aromatic carbocycles. The molecule has 1 saturated heterocycles. The van der Waals surface area contributed by atoms with Gasteiger partial charge in [0, 0.05) is 17.1 Å². The fraction of sp³-hybridized carbons (Fsp3) is 0.538. The van der Waals surface area contributed by atoms with Gasteiger partial charge in [0.05, 0.1) is 4.90 Å². The summed E-state index contributed by atoms with van der Waals surface area (Å²) >= 11 is 3.41. The second-order valence-corrected chi connectivity index (χ2v) is 7.60. The molecule has 19 heavy (non-hydrogen) atoms. The molecule has 1 heterocycles. The first kappa shape index (κ1) is 15.0. The Morgan fingerprint density at radius 3 is 2.74 bits per heavy atom. The molecule has 1 unspecified atom stereocenters. The Kier molecular flexibility index (Phi) is 4.66. The van der Waals surface area contributed by atoms with Crippen LogP contribution in [0.5, 0.6) is 0 Å². The monoisotopic (exact) mass is 346 g/mol. The van der Waals surface area contributed by atoms with Crippen LogP contribution in [0.25, 0.3) is 0 Å². The van der Waals surface area contributed by atoms with E-state index in [2.05, 4.69) is 26.0 Å². The van der Waals surface area contributed by atoms with E-state index in [1.54, 1.807) is 6.07 Å². The third-order valence-corrected chi connectivity index (χ3v) is 5.85. The number of hydrogen-bond donors (Lipinski definition) is 2. The van der Waals surface area contributed by atoms with Gasteiger partial charge in [-0.1, -0.05) is 15.9 Å². The lowest BCUT2D eigenvalue weighted by Gasteiger charge is -2.14. The molecule has 4 nitrogen and oxygen atoms in total. The Morgan fingerprint density at radius 2 is 2.11 bits per heavy atom. The second-order valence-electron chi connectivity index (χ2n) is 5.01. The van der Waals surface area contributed by atoms with Crippen LogP contribution in [0.1, 0.15) is 24.0 Å². The second kappa shape index (κ2) is 5.91. The fourth-order valence-electron chi connectivity index (χ4n) is 2.26.